The van der Waals surface area contributed by atoms with Crippen molar-refractivity contribution in [3.8, 4) is 0 Å². The van der Waals surface area contributed by atoms with Crippen molar-refractivity contribution in [3.63, 3.8) is 0 Å². The third kappa shape index (κ3) is 4.23. The van der Waals surface area contributed by atoms with Gasteiger partial charge >= 0.3 is 0 Å². The number of nitrogens with one attached hydrogen (secondary N) is 1. The van der Waals surface area contributed by atoms with Gasteiger partial charge < -0.3 is 5.32 Å². The zero-order valence-electron chi connectivity index (χ0n) is 13.8. The highest BCUT2D eigenvalue weighted by atomic mass is 35.5. The van der Waals surface area contributed by atoms with Crippen molar-refractivity contribution in [3.05, 3.63) is 34.3 Å². The second-order valence-electron chi connectivity index (χ2n) is 6.57. The lowest BCUT2D eigenvalue weighted by Gasteiger charge is -2.35. The average Bonchev–Trinajstić information content (AvgIpc) is 2.52. The number of hydrogen-bond donors (Lipinski definition) is 1. The van der Waals surface area contributed by atoms with Crippen molar-refractivity contribution in [2.45, 2.75) is 65.3 Å². The summed E-state index contributed by atoms with van der Waals surface area (Å²) in [6.07, 6.45) is 8.02. The van der Waals surface area contributed by atoms with Crippen LogP contribution in [0.5, 0.6) is 0 Å². The lowest BCUT2D eigenvalue weighted by atomic mass is 9.75. The fourth-order valence-corrected chi connectivity index (χ4v) is 3.90. The van der Waals surface area contributed by atoms with Crippen LogP contribution in [0.4, 0.5) is 0 Å². The Hall–Kier alpha value is -0.530. The SMILES string of the molecule is CCCNC(c1cccc(Cl)c1C)C1CCC(CC)CC1. The van der Waals surface area contributed by atoms with Crippen LogP contribution in [0.3, 0.4) is 0 Å². The zero-order valence-corrected chi connectivity index (χ0v) is 14.5. The van der Waals surface area contributed by atoms with E-state index in [9.17, 15) is 0 Å². The van der Waals surface area contributed by atoms with Gasteiger partial charge in [-0.1, -0.05) is 56.8 Å². The topological polar surface area (TPSA) is 12.0 Å². The van der Waals surface area contributed by atoms with Gasteiger partial charge in [-0.05, 0) is 61.8 Å². The van der Waals surface area contributed by atoms with Crippen LogP contribution in [0.25, 0.3) is 0 Å². The molecule has 1 nitrogen and oxygen atoms in total. The Morgan fingerprint density at radius 2 is 1.90 bits per heavy atom. The largest absolute Gasteiger partial charge is 0.310 e. The van der Waals surface area contributed by atoms with Crippen molar-refractivity contribution in [2.24, 2.45) is 11.8 Å². The van der Waals surface area contributed by atoms with Gasteiger partial charge in [0.1, 0.15) is 0 Å². The van der Waals surface area contributed by atoms with E-state index in [-0.39, 0.29) is 0 Å². The molecule has 1 aliphatic rings. The third-order valence-electron chi connectivity index (χ3n) is 5.20. The molecule has 0 spiro atoms. The molecule has 1 N–H and O–H groups in total. The van der Waals surface area contributed by atoms with Gasteiger partial charge in [-0.2, -0.15) is 0 Å². The van der Waals surface area contributed by atoms with Crippen LogP contribution in [0.1, 0.15) is 69.5 Å². The highest BCUT2D eigenvalue weighted by Crippen LogP contribution is 2.39. The second kappa shape index (κ2) is 8.19. The Kier molecular flexibility index (Phi) is 6.57. The lowest BCUT2D eigenvalue weighted by Crippen LogP contribution is -2.32. The van der Waals surface area contributed by atoms with Crippen molar-refractivity contribution in [1.29, 1.82) is 0 Å². The Labute approximate surface area is 135 Å². The van der Waals surface area contributed by atoms with E-state index in [0.29, 0.717) is 6.04 Å². The van der Waals surface area contributed by atoms with Crippen molar-refractivity contribution in [1.82, 2.24) is 5.32 Å². The Balaban J connectivity index is 2.16. The maximum atomic E-state index is 6.35. The molecule has 2 rings (SSSR count). The van der Waals surface area contributed by atoms with Gasteiger partial charge in [0.05, 0.1) is 0 Å². The van der Waals surface area contributed by atoms with Gasteiger partial charge in [0.25, 0.3) is 0 Å². The summed E-state index contributed by atoms with van der Waals surface area (Å²) in [5.41, 5.74) is 2.67. The van der Waals surface area contributed by atoms with E-state index in [4.69, 9.17) is 11.6 Å². The van der Waals surface area contributed by atoms with Crippen molar-refractivity contribution < 1.29 is 0 Å². The van der Waals surface area contributed by atoms with Gasteiger partial charge in [0.2, 0.25) is 0 Å². The van der Waals surface area contributed by atoms with Crippen LogP contribution in [-0.4, -0.2) is 6.54 Å². The molecule has 0 bridgehead atoms. The molecular weight excluding hydrogens is 278 g/mol. The second-order valence-corrected chi connectivity index (χ2v) is 6.98. The molecule has 118 valence electrons. The summed E-state index contributed by atoms with van der Waals surface area (Å²) in [6, 6.07) is 6.84. The Morgan fingerprint density at radius 1 is 1.19 bits per heavy atom. The maximum Gasteiger partial charge on any atom is 0.0438 e. The molecule has 1 aromatic carbocycles. The molecule has 0 amide bonds. The van der Waals surface area contributed by atoms with Gasteiger partial charge in [0, 0.05) is 11.1 Å². The van der Waals surface area contributed by atoms with Crippen LogP contribution in [0.2, 0.25) is 5.02 Å². The zero-order chi connectivity index (χ0) is 15.2. The first-order chi connectivity index (χ1) is 10.2. The average molecular weight is 308 g/mol. The van der Waals surface area contributed by atoms with E-state index < -0.39 is 0 Å². The molecule has 0 aliphatic heterocycles. The first-order valence-corrected chi connectivity index (χ1v) is 9.03. The van der Waals surface area contributed by atoms with E-state index in [2.05, 4.69) is 38.2 Å². The Morgan fingerprint density at radius 3 is 2.52 bits per heavy atom. The molecule has 0 radical (unpaired) electrons. The summed E-state index contributed by atoms with van der Waals surface area (Å²) in [7, 11) is 0. The maximum absolute atomic E-state index is 6.35. The minimum absolute atomic E-state index is 0.474. The summed E-state index contributed by atoms with van der Waals surface area (Å²) >= 11 is 6.35. The van der Waals surface area contributed by atoms with E-state index in [1.165, 1.54) is 49.7 Å². The fraction of sp³-hybridized carbons (Fsp3) is 0.684. The van der Waals surface area contributed by atoms with Crippen LogP contribution in [-0.2, 0) is 0 Å². The molecule has 0 heterocycles. The monoisotopic (exact) mass is 307 g/mol. The first kappa shape index (κ1) is 16.8. The van der Waals surface area contributed by atoms with E-state index in [0.717, 1.165) is 23.4 Å². The van der Waals surface area contributed by atoms with Crippen molar-refractivity contribution >= 4 is 11.6 Å². The summed E-state index contributed by atoms with van der Waals surface area (Å²) in [6.45, 7) is 7.82. The van der Waals surface area contributed by atoms with Gasteiger partial charge in [-0.3, -0.25) is 0 Å². The molecule has 2 heteroatoms. The van der Waals surface area contributed by atoms with Crippen LogP contribution >= 0.6 is 11.6 Å². The van der Waals surface area contributed by atoms with E-state index in [1.807, 2.05) is 6.07 Å². The molecule has 21 heavy (non-hydrogen) atoms. The van der Waals surface area contributed by atoms with Crippen LogP contribution in [0, 0.1) is 18.8 Å². The van der Waals surface area contributed by atoms with E-state index >= 15 is 0 Å². The normalized spacial score (nSPS) is 24.0. The minimum Gasteiger partial charge on any atom is -0.310 e. The molecular formula is C19H30ClN. The molecule has 1 aromatic rings. The summed E-state index contributed by atoms with van der Waals surface area (Å²) in [4.78, 5) is 0. The first-order valence-electron chi connectivity index (χ1n) is 8.65. The molecule has 1 unspecified atom stereocenters. The minimum atomic E-state index is 0.474. The lowest BCUT2D eigenvalue weighted by molar-refractivity contribution is 0.218. The molecule has 1 fully saturated rings. The molecule has 1 saturated carbocycles. The highest BCUT2D eigenvalue weighted by molar-refractivity contribution is 6.31. The number of hydrogen-bond acceptors (Lipinski definition) is 1. The summed E-state index contributed by atoms with van der Waals surface area (Å²) in [5, 5.41) is 4.70. The predicted molar refractivity (Wildman–Crippen MR) is 93.0 cm³/mol. The fourth-order valence-electron chi connectivity index (χ4n) is 3.72. The van der Waals surface area contributed by atoms with Crippen LogP contribution < -0.4 is 5.32 Å². The van der Waals surface area contributed by atoms with Gasteiger partial charge in [-0.15, -0.1) is 0 Å². The van der Waals surface area contributed by atoms with E-state index in [1.54, 1.807) is 0 Å². The standard InChI is InChI=1S/C19H30ClN/c1-4-13-21-19(16-11-9-15(5-2)10-12-16)17-7-6-8-18(20)14(17)3/h6-8,15-16,19,21H,4-5,9-13H2,1-3H3. The molecule has 1 aliphatic carbocycles. The number of rotatable bonds is 6. The summed E-state index contributed by atoms with van der Waals surface area (Å²) in [5.74, 6) is 1.71. The summed E-state index contributed by atoms with van der Waals surface area (Å²) < 4.78 is 0. The highest BCUT2D eigenvalue weighted by Gasteiger charge is 2.28. The van der Waals surface area contributed by atoms with Crippen molar-refractivity contribution in [2.75, 3.05) is 6.54 Å². The quantitative estimate of drug-likeness (QED) is 0.689. The van der Waals surface area contributed by atoms with Gasteiger partial charge in [0.15, 0.2) is 0 Å². The van der Waals surface area contributed by atoms with Crippen LogP contribution in [0.15, 0.2) is 18.2 Å². The predicted octanol–water partition coefficient (Wildman–Crippen LogP) is 5.91. The number of halogens is 1. The Bertz CT molecular complexity index is 435. The molecule has 0 aromatic heterocycles. The number of benzene rings is 1. The van der Waals surface area contributed by atoms with Gasteiger partial charge in [-0.25, -0.2) is 0 Å². The third-order valence-corrected chi connectivity index (χ3v) is 5.61. The smallest absolute Gasteiger partial charge is 0.0438 e. The molecule has 1 atom stereocenters. The molecule has 0 saturated heterocycles.